The van der Waals surface area contributed by atoms with Crippen molar-refractivity contribution in [3.63, 3.8) is 0 Å². The molecule has 2 heteroatoms. The molecule has 0 aliphatic rings. The fraction of sp³-hybridized carbons (Fsp3) is 0. The van der Waals surface area contributed by atoms with E-state index in [9.17, 15) is 0 Å². The van der Waals surface area contributed by atoms with Crippen molar-refractivity contribution >= 4 is 82.0 Å². The molecule has 0 aliphatic heterocycles. The SMILES string of the molecule is c1ccc(-c2c(-c3ccccc3)c3cc(-c4ccc(N(c5ccc(-c6cccc7c8ccccc8n(-c8ccccc8)c67)cc5)c5ccc6c(ccc7ccccc76)c5)cc4)ccc3c3ccccc23)cc1. The predicted molar refractivity (Wildman–Crippen MR) is 307 cm³/mol. The molecule has 0 spiro atoms. The van der Waals surface area contributed by atoms with Gasteiger partial charge in [-0.05, 0) is 143 Å². The van der Waals surface area contributed by atoms with E-state index in [0.717, 1.165) is 28.3 Å². The summed E-state index contributed by atoms with van der Waals surface area (Å²) in [6.07, 6.45) is 0. The second-order valence-electron chi connectivity index (χ2n) is 18.8. The van der Waals surface area contributed by atoms with E-state index in [1.54, 1.807) is 0 Å². The Morgan fingerprint density at radius 1 is 0.250 bits per heavy atom. The fourth-order valence-corrected chi connectivity index (χ4v) is 11.5. The number of nitrogens with zero attached hydrogens (tertiary/aromatic N) is 2. The molecule has 0 bridgehead atoms. The van der Waals surface area contributed by atoms with Crippen LogP contribution in [0.5, 0.6) is 0 Å². The highest BCUT2D eigenvalue weighted by Crippen LogP contribution is 2.47. The third kappa shape index (κ3) is 6.88. The highest BCUT2D eigenvalue weighted by atomic mass is 15.1. The van der Waals surface area contributed by atoms with Crippen LogP contribution in [0.25, 0.3) is 115 Å². The van der Waals surface area contributed by atoms with Gasteiger partial charge in [-0.15, -0.1) is 0 Å². The summed E-state index contributed by atoms with van der Waals surface area (Å²) in [6.45, 7) is 0. The summed E-state index contributed by atoms with van der Waals surface area (Å²) in [5.74, 6) is 0. The number of rotatable bonds is 8. The minimum atomic E-state index is 1.08. The lowest BCUT2D eigenvalue weighted by Gasteiger charge is -2.26. The van der Waals surface area contributed by atoms with E-state index in [1.807, 2.05) is 0 Å². The molecule has 13 aromatic carbocycles. The Labute approximate surface area is 418 Å². The van der Waals surface area contributed by atoms with Crippen LogP contribution in [0.2, 0.25) is 0 Å². The Balaban J connectivity index is 0.911. The molecule has 14 rings (SSSR count). The number of fused-ring (bicyclic) bond motifs is 9. The number of benzene rings is 13. The zero-order chi connectivity index (χ0) is 47.5. The maximum Gasteiger partial charge on any atom is 0.0619 e. The van der Waals surface area contributed by atoms with Crippen LogP contribution in [0.3, 0.4) is 0 Å². The summed E-state index contributed by atoms with van der Waals surface area (Å²) in [5, 5.41) is 12.5. The van der Waals surface area contributed by atoms with Gasteiger partial charge in [-0.25, -0.2) is 0 Å². The summed E-state index contributed by atoms with van der Waals surface area (Å²) in [6, 6.07) is 102. The summed E-state index contributed by atoms with van der Waals surface area (Å²) in [4.78, 5) is 2.40. The van der Waals surface area contributed by atoms with Gasteiger partial charge in [0.05, 0.1) is 11.0 Å². The van der Waals surface area contributed by atoms with Gasteiger partial charge in [-0.3, -0.25) is 0 Å². The summed E-state index contributed by atoms with van der Waals surface area (Å²) < 4.78 is 2.42. The molecular weight excluding hydrogens is 869 g/mol. The first-order valence-electron chi connectivity index (χ1n) is 24.8. The molecule has 0 amide bonds. The van der Waals surface area contributed by atoms with Crippen LogP contribution in [-0.2, 0) is 0 Å². The summed E-state index contributed by atoms with van der Waals surface area (Å²) in [7, 11) is 0. The molecule has 1 aromatic heterocycles. The van der Waals surface area contributed by atoms with E-state index in [4.69, 9.17) is 0 Å². The molecule has 0 N–H and O–H groups in total. The zero-order valence-electron chi connectivity index (χ0n) is 39.5. The molecule has 0 atom stereocenters. The molecular formula is C70H46N2. The van der Waals surface area contributed by atoms with E-state index >= 15 is 0 Å². The molecule has 72 heavy (non-hydrogen) atoms. The minimum absolute atomic E-state index is 1.08. The van der Waals surface area contributed by atoms with Gasteiger partial charge in [0.25, 0.3) is 0 Å². The number of hydrogen-bond acceptors (Lipinski definition) is 1. The van der Waals surface area contributed by atoms with Gasteiger partial charge in [0.1, 0.15) is 0 Å². The van der Waals surface area contributed by atoms with Crippen LogP contribution in [0.15, 0.2) is 279 Å². The van der Waals surface area contributed by atoms with Crippen LogP contribution in [0.4, 0.5) is 17.1 Å². The summed E-state index contributed by atoms with van der Waals surface area (Å²) in [5.41, 5.74) is 16.5. The number of hydrogen-bond donors (Lipinski definition) is 0. The molecule has 0 aliphatic carbocycles. The Morgan fingerprint density at radius 3 is 1.47 bits per heavy atom. The molecule has 0 saturated heterocycles. The normalized spacial score (nSPS) is 11.6. The predicted octanol–water partition coefficient (Wildman–Crippen LogP) is 19.5. The Hall–Kier alpha value is -9.50. The van der Waals surface area contributed by atoms with Crippen LogP contribution in [0.1, 0.15) is 0 Å². The van der Waals surface area contributed by atoms with Gasteiger partial charge in [0.2, 0.25) is 0 Å². The second-order valence-corrected chi connectivity index (χ2v) is 18.8. The fourth-order valence-electron chi connectivity index (χ4n) is 11.5. The molecule has 0 unspecified atom stereocenters. The van der Waals surface area contributed by atoms with Crippen LogP contribution in [0, 0.1) is 0 Å². The zero-order valence-corrected chi connectivity index (χ0v) is 39.5. The molecule has 1 heterocycles. The number of aromatic nitrogens is 1. The average molecular weight is 915 g/mol. The van der Waals surface area contributed by atoms with Crippen LogP contribution < -0.4 is 4.90 Å². The first-order valence-corrected chi connectivity index (χ1v) is 24.8. The second kappa shape index (κ2) is 17.2. The van der Waals surface area contributed by atoms with Crippen molar-refractivity contribution in [3.8, 4) is 50.2 Å². The molecule has 0 radical (unpaired) electrons. The van der Waals surface area contributed by atoms with Crippen LogP contribution in [-0.4, -0.2) is 4.57 Å². The first-order chi connectivity index (χ1) is 35.7. The van der Waals surface area contributed by atoms with Crippen molar-refractivity contribution in [2.75, 3.05) is 4.90 Å². The smallest absolute Gasteiger partial charge is 0.0619 e. The van der Waals surface area contributed by atoms with E-state index in [-0.39, 0.29) is 0 Å². The van der Waals surface area contributed by atoms with Crippen molar-refractivity contribution in [1.82, 2.24) is 4.57 Å². The van der Waals surface area contributed by atoms with Crippen molar-refractivity contribution < 1.29 is 0 Å². The Bertz CT molecular complexity index is 4340. The van der Waals surface area contributed by atoms with Gasteiger partial charge >= 0.3 is 0 Å². The lowest BCUT2D eigenvalue weighted by atomic mass is 9.84. The highest BCUT2D eigenvalue weighted by Gasteiger charge is 2.21. The van der Waals surface area contributed by atoms with E-state index < -0.39 is 0 Å². The monoisotopic (exact) mass is 914 g/mol. The number of anilines is 3. The lowest BCUT2D eigenvalue weighted by Crippen LogP contribution is -2.10. The quantitative estimate of drug-likeness (QED) is 0.138. The molecule has 0 fully saturated rings. The van der Waals surface area contributed by atoms with Gasteiger partial charge < -0.3 is 9.47 Å². The van der Waals surface area contributed by atoms with E-state index in [0.29, 0.717) is 0 Å². The van der Waals surface area contributed by atoms with Gasteiger partial charge in [0.15, 0.2) is 0 Å². The van der Waals surface area contributed by atoms with Crippen LogP contribution >= 0.6 is 0 Å². The first kappa shape index (κ1) is 41.5. The van der Waals surface area contributed by atoms with Gasteiger partial charge in [-0.1, -0.05) is 218 Å². The molecule has 2 nitrogen and oxygen atoms in total. The van der Waals surface area contributed by atoms with Crippen molar-refractivity contribution in [3.05, 3.63) is 279 Å². The third-order valence-electron chi connectivity index (χ3n) is 14.7. The molecule has 336 valence electrons. The number of para-hydroxylation sites is 3. The maximum absolute atomic E-state index is 2.42. The lowest BCUT2D eigenvalue weighted by molar-refractivity contribution is 1.18. The minimum Gasteiger partial charge on any atom is -0.310 e. The Morgan fingerprint density at radius 2 is 0.750 bits per heavy atom. The summed E-state index contributed by atoms with van der Waals surface area (Å²) >= 11 is 0. The molecule has 14 aromatic rings. The Kier molecular flexibility index (Phi) is 9.89. The van der Waals surface area contributed by atoms with Gasteiger partial charge in [-0.2, -0.15) is 0 Å². The van der Waals surface area contributed by atoms with Crippen molar-refractivity contribution in [1.29, 1.82) is 0 Å². The maximum atomic E-state index is 2.42. The van der Waals surface area contributed by atoms with Gasteiger partial charge in [0, 0.05) is 39.1 Å². The molecule has 0 saturated carbocycles. The standard InChI is InChI=1S/C70H46N2/c1-4-18-50(19-5-1)68-64-27-13-12-25-61(64)62-43-37-52(46-66(62)69(68)51-20-6-2-7-21-51)47-33-38-55(39-34-47)71(57-42-44-59-53(45-57)32-31-48-17-10-11-24-58(48)59)56-40-35-49(36-41-56)60-28-16-29-65-63-26-14-15-30-67(63)72(70(60)65)54-22-8-3-9-23-54/h1-46H. The topological polar surface area (TPSA) is 8.17 Å². The highest BCUT2D eigenvalue weighted by molar-refractivity contribution is 6.22. The van der Waals surface area contributed by atoms with Crippen molar-refractivity contribution in [2.45, 2.75) is 0 Å². The average Bonchev–Trinajstić information content (AvgIpc) is 3.80. The van der Waals surface area contributed by atoms with Crippen molar-refractivity contribution in [2.24, 2.45) is 0 Å². The largest absolute Gasteiger partial charge is 0.310 e. The third-order valence-corrected chi connectivity index (χ3v) is 14.7. The van der Waals surface area contributed by atoms with E-state index in [1.165, 1.54) is 104 Å². The van der Waals surface area contributed by atoms with E-state index in [2.05, 4.69) is 289 Å².